The number of hydrogen-bond donors (Lipinski definition) is 2. The zero-order valence-electron chi connectivity index (χ0n) is 11.2. The number of carbonyl (C=O) groups is 1. The predicted octanol–water partition coefficient (Wildman–Crippen LogP) is 1.96. The molecule has 0 fully saturated rings. The Bertz CT molecular complexity index is 469. The molecule has 0 heterocycles. The van der Waals surface area contributed by atoms with E-state index in [1.807, 2.05) is 0 Å². The summed E-state index contributed by atoms with van der Waals surface area (Å²) in [4.78, 5) is 11.8. The Hall–Kier alpha value is -1.80. The highest BCUT2D eigenvalue weighted by molar-refractivity contribution is 7.80. The zero-order chi connectivity index (χ0) is 15.7. The molecule has 8 heteroatoms. The van der Waals surface area contributed by atoms with Crippen molar-refractivity contribution in [1.29, 1.82) is 0 Å². The molecule has 0 aliphatic carbocycles. The maximum Gasteiger partial charge on any atom is 0.261 e. The Labute approximate surface area is 126 Å². The number of halogens is 2. The second-order valence-electron chi connectivity index (χ2n) is 4.04. The third-order valence-corrected chi connectivity index (χ3v) is 2.35. The summed E-state index contributed by atoms with van der Waals surface area (Å²) in [5, 5.41) is 2.61. The summed E-state index contributed by atoms with van der Waals surface area (Å²) in [6, 6.07) is 6.60. The van der Waals surface area contributed by atoms with Crippen LogP contribution in [0, 0.1) is 0 Å². The van der Waals surface area contributed by atoms with Crippen molar-refractivity contribution in [3.63, 3.8) is 0 Å². The molecule has 0 aliphatic heterocycles. The molecule has 1 aromatic rings. The van der Waals surface area contributed by atoms with E-state index in [0.717, 1.165) is 0 Å². The Morgan fingerprint density at radius 3 is 2.57 bits per heavy atom. The number of benzene rings is 1. The van der Waals surface area contributed by atoms with Gasteiger partial charge in [0.15, 0.2) is 0 Å². The molecule has 1 aromatic carbocycles. The molecule has 0 radical (unpaired) electrons. The quantitative estimate of drug-likeness (QED) is 0.538. The SMILES string of the molecule is NC(=S)COc1ccc(NC(=O)CCOCC(F)F)cc1. The third-order valence-electron chi connectivity index (χ3n) is 2.24. The minimum absolute atomic E-state index is 0.00636. The van der Waals surface area contributed by atoms with Crippen molar-refractivity contribution in [2.45, 2.75) is 12.8 Å². The van der Waals surface area contributed by atoms with Crippen molar-refractivity contribution < 1.29 is 23.0 Å². The second-order valence-corrected chi connectivity index (χ2v) is 4.57. The molecule has 116 valence electrons. The van der Waals surface area contributed by atoms with Crippen LogP contribution in [0.5, 0.6) is 5.75 Å². The molecule has 1 amide bonds. The molecule has 0 saturated heterocycles. The van der Waals surface area contributed by atoms with E-state index in [9.17, 15) is 13.6 Å². The van der Waals surface area contributed by atoms with E-state index in [0.29, 0.717) is 11.4 Å². The minimum atomic E-state index is -2.53. The fraction of sp³-hybridized carbons (Fsp3) is 0.385. The monoisotopic (exact) mass is 318 g/mol. The van der Waals surface area contributed by atoms with Crippen LogP contribution in [0.15, 0.2) is 24.3 Å². The number of nitrogens with one attached hydrogen (secondary N) is 1. The average molecular weight is 318 g/mol. The maximum atomic E-state index is 11.8. The van der Waals surface area contributed by atoms with E-state index in [4.69, 9.17) is 10.5 Å². The van der Waals surface area contributed by atoms with E-state index >= 15 is 0 Å². The number of ether oxygens (including phenoxy) is 2. The van der Waals surface area contributed by atoms with E-state index in [1.54, 1.807) is 24.3 Å². The lowest BCUT2D eigenvalue weighted by atomic mass is 10.3. The molecule has 5 nitrogen and oxygen atoms in total. The summed E-state index contributed by atoms with van der Waals surface area (Å²) in [5.41, 5.74) is 5.87. The van der Waals surface area contributed by atoms with Gasteiger partial charge in [-0.1, -0.05) is 12.2 Å². The van der Waals surface area contributed by atoms with Crippen LogP contribution < -0.4 is 15.8 Å². The van der Waals surface area contributed by atoms with Crippen LogP contribution in [0.25, 0.3) is 0 Å². The Morgan fingerprint density at radius 1 is 1.33 bits per heavy atom. The maximum absolute atomic E-state index is 11.8. The molecule has 0 unspecified atom stereocenters. The summed E-state index contributed by atoms with van der Waals surface area (Å²) in [5.74, 6) is 0.252. The second kappa shape index (κ2) is 9.19. The first kappa shape index (κ1) is 17.3. The molecule has 0 atom stereocenters. The fourth-order valence-electron chi connectivity index (χ4n) is 1.35. The lowest BCUT2D eigenvalue weighted by molar-refractivity contribution is -0.117. The molecule has 1 rings (SSSR count). The standard InChI is InChI=1S/C13H16F2N2O3S/c14-11(15)7-19-6-5-13(18)17-9-1-3-10(4-2-9)20-8-12(16)21/h1-4,11H,5-8H2,(H2,16,21)(H,17,18). The van der Waals surface area contributed by atoms with Crippen LogP contribution in [0.2, 0.25) is 0 Å². The van der Waals surface area contributed by atoms with Crippen LogP contribution >= 0.6 is 12.2 Å². The van der Waals surface area contributed by atoms with Crippen LogP contribution in [0.4, 0.5) is 14.5 Å². The van der Waals surface area contributed by atoms with Gasteiger partial charge < -0.3 is 20.5 Å². The van der Waals surface area contributed by atoms with E-state index in [2.05, 4.69) is 22.3 Å². The normalized spacial score (nSPS) is 10.4. The van der Waals surface area contributed by atoms with Crippen molar-refractivity contribution in [2.75, 3.05) is 25.1 Å². The highest BCUT2D eigenvalue weighted by Crippen LogP contribution is 2.15. The molecule has 0 aromatic heterocycles. The largest absolute Gasteiger partial charge is 0.487 e. The van der Waals surface area contributed by atoms with Crippen molar-refractivity contribution in [3.05, 3.63) is 24.3 Å². The topological polar surface area (TPSA) is 73.6 Å². The third kappa shape index (κ3) is 8.16. The molecule has 0 saturated carbocycles. The van der Waals surface area contributed by atoms with E-state index in [1.165, 1.54) is 0 Å². The molecule has 0 aliphatic rings. The Balaban J connectivity index is 2.30. The molecule has 21 heavy (non-hydrogen) atoms. The number of rotatable bonds is 9. The summed E-state index contributed by atoms with van der Waals surface area (Å²) < 4.78 is 33.5. The summed E-state index contributed by atoms with van der Waals surface area (Å²) in [7, 11) is 0. The minimum Gasteiger partial charge on any atom is -0.487 e. The number of anilines is 1. The van der Waals surface area contributed by atoms with Gasteiger partial charge >= 0.3 is 0 Å². The van der Waals surface area contributed by atoms with Gasteiger partial charge in [0.2, 0.25) is 5.91 Å². The summed E-state index contributed by atoms with van der Waals surface area (Å²) >= 11 is 4.68. The zero-order valence-corrected chi connectivity index (χ0v) is 12.0. The van der Waals surface area contributed by atoms with Gasteiger partial charge in [0.1, 0.15) is 24.0 Å². The number of carbonyl (C=O) groups excluding carboxylic acids is 1. The highest BCUT2D eigenvalue weighted by atomic mass is 32.1. The van der Waals surface area contributed by atoms with Gasteiger partial charge in [0.25, 0.3) is 6.43 Å². The number of amides is 1. The van der Waals surface area contributed by atoms with Gasteiger partial charge in [-0.2, -0.15) is 0 Å². The van der Waals surface area contributed by atoms with Gasteiger partial charge in [0.05, 0.1) is 13.0 Å². The predicted molar refractivity (Wildman–Crippen MR) is 78.8 cm³/mol. The van der Waals surface area contributed by atoms with Crippen LogP contribution in [0.3, 0.4) is 0 Å². The van der Waals surface area contributed by atoms with Crippen LogP contribution in [-0.2, 0) is 9.53 Å². The fourth-order valence-corrected chi connectivity index (χ4v) is 1.41. The van der Waals surface area contributed by atoms with Crippen LogP contribution in [0.1, 0.15) is 6.42 Å². The smallest absolute Gasteiger partial charge is 0.261 e. The Morgan fingerprint density at radius 2 is 2.00 bits per heavy atom. The van der Waals surface area contributed by atoms with Crippen molar-refractivity contribution in [2.24, 2.45) is 5.73 Å². The van der Waals surface area contributed by atoms with Crippen LogP contribution in [-0.4, -0.2) is 37.1 Å². The van der Waals surface area contributed by atoms with Gasteiger partial charge in [-0.25, -0.2) is 8.78 Å². The molecular formula is C13H16F2N2O3S. The van der Waals surface area contributed by atoms with E-state index in [-0.39, 0.29) is 30.5 Å². The molecule has 0 bridgehead atoms. The Kier molecular flexibility index (Phi) is 7.55. The lowest BCUT2D eigenvalue weighted by Crippen LogP contribution is -2.18. The molecular weight excluding hydrogens is 302 g/mol. The first-order chi connectivity index (χ1) is 9.97. The number of alkyl halides is 2. The van der Waals surface area contributed by atoms with E-state index < -0.39 is 13.0 Å². The summed E-state index contributed by atoms with van der Waals surface area (Å²) in [6.45, 7) is -0.573. The molecule has 0 spiro atoms. The van der Waals surface area contributed by atoms with Crippen molar-refractivity contribution in [3.8, 4) is 5.75 Å². The van der Waals surface area contributed by atoms with Gasteiger partial charge in [-0.3, -0.25) is 4.79 Å². The van der Waals surface area contributed by atoms with Gasteiger partial charge in [-0.15, -0.1) is 0 Å². The summed E-state index contributed by atoms with van der Waals surface area (Å²) in [6.07, 6.45) is -2.52. The van der Waals surface area contributed by atoms with Gasteiger partial charge in [0, 0.05) is 5.69 Å². The number of nitrogens with two attached hydrogens (primary N) is 1. The highest BCUT2D eigenvalue weighted by Gasteiger charge is 2.05. The lowest BCUT2D eigenvalue weighted by Gasteiger charge is -2.08. The number of hydrogen-bond acceptors (Lipinski definition) is 4. The first-order valence-corrected chi connectivity index (χ1v) is 6.55. The molecule has 3 N–H and O–H groups in total. The van der Waals surface area contributed by atoms with Gasteiger partial charge in [-0.05, 0) is 24.3 Å². The van der Waals surface area contributed by atoms with Crippen molar-refractivity contribution >= 4 is 28.8 Å². The van der Waals surface area contributed by atoms with Crippen molar-refractivity contribution in [1.82, 2.24) is 0 Å². The average Bonchev–Trinajstić information content (AvgIpc) is 2.42. The number of thiocarbonyl (C=S) groups is 1. The first-order valence-electron chi connectivity index (χ1n) is 6.14.